The van der Waals surface area contributed by atoms with Gasteiger partial charge in [0.05, 0.1) is 16.6 Å². The van der Waals surface area contributed by atoms with Crippen LogP contribution in [0.2, 0.25) is 0 Å². The lowest BCUT2D eigenvalue weighted by atomic mass is 10.1. The average Bonchev–Trinajstić information content (AvgIpc) is 3.38. The molecule has 0 fully saturated rings. The predicted octanol–water partition coefficient (Wildman–Crippen LogP) is 5.78. The van der Waals surface area contributed by atoms with Crippen molar-refractivity contribution in [2.24, 2.45) is 0 Å². The molecule has 2 aromatic heterocycles. The van der Waals surface area contributed by atoms with Gasteiger partial charge in [0.25, 0.3) is 5.56 Å². The zero-order valence-electron chi connectivity index (χ0n) is 19.5. The van der Waals surface area contributed by atoms with Crippen LogP contribution >= 0.6 is 0 Å². The van der Waals surface area contributed by atoms with E-state index in [9.17, 15) is 18.4 Å². The second kappa shape index (κ2) is 10.1. The molecule has 9 heteroatoms. The Hall–Kier alpha value is -4.66. The highest BCUT2D eigenvalue weighted by Crippen LogP contribution is 2.28. The van der Waals surface area contributed by atoms with E-state index in [0.29, 0.717) is 64.3 Å². The lowest BCUT2D eigenvalue weighted by Crippen LogP contribution is -2.24. The highest BCUT2D eigenvalue weighted by molar-refractivity contribution is 5.83. The summed E-state index contributed by atoms with van der Waals surface area (Å²) in [4.78, 5) is 29.1. The molecular weight excluding hydrogens is 480 g/mol. The molecule has 0 radical (unpaired) electrons. The normalized spacial score (nSPS) is 11.2. The summed E-state index contributed by atoms with van der Waals surface area (Å²) in [6.45, 7) is 0. The Morgan fingerprint density at radius 3 is 2.27 bits per heavy atom. The van der Waals surface area contributed by atoms with Crippen molar-refractivity contribution in [1.29, 1.82) is 0 Å². The maximum atomic E-state index is 13.5. The number of hydrogen-bond acceptors (Lipinski definition) is 5. The number of carbonyl (C=O) groups is 1. The Bertz CT molecular complexity index is 1640. The first-order chi connectivity index (χ1) is 17.9. The van der Waals surface area contributed by atoms with Gasteiger partial charge in [-0.05, 0) is 73.5 Å². The number of carboxylic acid groups (broad SMARTS) is 1. The number of rotatable bonds is 8. The number of carboxylic acids is 1. The van der Waals surface area contributed by atoms with E-state index in [1.165, 1.54) is 41.0 Å². The zero-order valence-corrected chi connectivity index (χ0v) is 19.5. The smallest absolute Gasteiger partial charge is 0.303 e. The number of halogens is 2. The van der Waals surface area contributed by atoms with E-state index < -0.39 is 11.8 Å². The van der Waals surface area contributed by atoms with Gasteiger partial charge in [-0.25, -0.2) is 13.8 Å². The molecule has 5 aromatic rings. The second-order valence-corrected chi connectivity index (χ2v) is 8.56. The first-order valence-electron chi connectivity index (χ1n) is 11.7. The Labute approximate surface area is 209 Å². The number of benzene rings is 3. The molecule has 2 heterocycles. The summed E-state index contributed by atoms with van der Waals surface area (Å²) in [6.07, 6.45) is 1.31. The van der Waals surface area contributed by atoms with E-state index >= 15 is 0 Å². The van der Waals surface area contributed by atoms with E-state index in [4.69, 9.17) is 14.6 Å². The number of aliphatic carboxylic acids is 1. The first-order valence-corrected chi connectivity index (χ1v) is 11.7. The quantitative estimate of drug-likeness (QED) is 0.271. The van der Waals surface area contributed by atoms with Gasteiger partial charge in [-0.2, -0.15) is 0 Å². The highest BCUT2D eigenvalue weighted by Gasteiger charge is 2.16. The largest absolute Gasteiger partial charge is 0.481 e. The molecule has 0 bridgehead atoms. The predicted molar refractivity (Wildman–Crippen MR) is 133 cm³/mol. The van der Waals surface area contributed by atoms with Crippen molar-refractivity contribution in [1.82, 2.24) is 14.7 Å². The van der Waals surface area contributed by atoms with Gasteiger partial charge in [-0.1, -0.05) is 11.2 Å². The molecule has 1 N–H and O–H groups in total. The van der Waals surface area contributed by atoms with Gasteiger partial charge in [0.2, 0.25) is 0 Å². The van der Waals surface area contributed by atoms with Crippen molar-refractivity contribution in [2.45, 2.75) is 25.7 Å². The molecule has 0 saturated heterocycles. The third-order valence-corrected chi connectivity index (χ3v) is 6.00. The van der Waals surface area contributed by atoms with Crippen molar-refractivity contribution in [3.05, 3.63) is 101 Å². The minimum atomic E-state index is -0.889. The van der Waals surface area contributed by atoms with Crippen LogP contribution in [0.15, 0.2) is 82.1 Å². The minimum Gasteiger partial charge on any atom is -0.481 e. The lowest BCUT2D eigenvalue weighted by molar-refractivity contribution is -0.137. The topological polar surface area (TPSA) is 98.2 Å². The van der Waals surface area contributed by atoms with E-state index in [1.54, 1.807) is 36.4 Å². The van der Waals surface area contributed by atoms with Crippen LogP contribution in [0.25, 0.3) is 39.2 Å². The number of nitrogens with zero attached hydrogens (tertiary/aromatic N) is 3. The zero-order chi connectivity index (χ0) is 25.9. The lowest BCUT2D eigenvalue weighted by Gasteiger charge is -2.14. The second-order valence-electron chi connectivity index (χ2n) is 8.56. The molecule has 3 aromatic carbocycles. The number of unbranched alkanes of at least 4 members (excludes halogenated alkanes) is 1. The maximum Gasteiger partial charge on any atom is 0.303 e. The summed E-state index contributed by atoms with van der Waals surface area (Å²) in [5, 5.41) is 13.4. The summed E-state index contributed by atoms with van der Waals surface area (Å²) >= 11 is 0. The molecule has 5 rings (SSSR count). The van der Waals surface area contributed by atoms with E-state index in [2.05, 4.69) is 5.16 Å². The van der Waals surface area contributed by atoms with Crippen LogP contribution in [0.4, 0.5) is 8.78 Å². The van der Waals surface area contributed by atoms with E-state index in [1.807, 2.05) is 0 Å². The van der Waals surface area contributed by atoms with Crippen LogP contribution in [0.3, 0.4) is 0 Å². The molecule has 7 nitrogen and oxygen atoms in total. The fourth-order valence-electron chi connectivity index (χ4n) is 4.14. The number of fused-ring (bicyclic) bond motifs is 1. The molecule has 37 heavy (non-hydrogen) atoms. The summed E-state index contributed by atoms with van der Waals surface area (Å²) in [5.41, 5.74) is 2.47. The fraction of sp³-hybridized carbons (Fsp3) is 0.143. The van der Waals surface area contributed by atoms with Crippen LogP contribution in [0.5, 0.6) is 0 Å². The monoisotopic (exact) mass is 501 g/mol. The molecule has 0 amide bonds. The molecule has 0 aliphatic heterocycles. The summed E-state index contributed by atoms with van der Waals surface area (Å²) in [6, 6.07) is 18.3. The first kappa shape index (κ1) is 24.1. The van der Waals surface area contributed by atoms with Gasteiger partial charge < -0.3 is 9.63 Å². The Morgan fingerprint density at radius 2 is 1.57 bits per heavy atom. The van der Waals surface area contributed by atoms with Gasteiger partial charge in [-0.3, -0.25) is 14.2 Å². The molecule has 0 unspecified atom stereocenters. The van der Waals surface area contributed by atoms with Gasteiger partial charge in [0.15, 0.2) is 5.76 Å². The van der Waals surface area contributed by atoms with Crippen LogP contribution in [0, 0.1) is 11.6 Å². The highest BCUT2D eigenvalue weighted by atomic mass is 19.1. The van der Waals surface area contributed by atoms with Gasteiger partial charge >= 0.3 is 5.97 Å². The SMILES string of the molecule is O=C(O)CCCCc1nc2cc(-c3cc(-c4ccc(F)cc4)on3)ccc2c(=O)n1-c1ccc(F)cc1. The van der Waals surface area contributed by atoms with Crippen LogP contribution in [0.1, 0.15) is 25.1 Å². The van der Waals surface area contributed by atoms with Gasteiger partial charge in [-0.15, -0.1) is 0 Å². The van der Waals surface area contributed by atoms with E-state index in [0.717, 1.165) is 0 Å². The van der Waals surface area contributed by atoms with Gasteiger partial charge in [0, 0.05) is 30.0 Å². The Morgan fingerprint density at radius 1 is 0.892 bits per heavy atom. The molecule has 0 aliphatic carbocycles. The number of aromatic nitrogens is 3. The van der Waals surface area contributed by atoms with Crippen molar-refractivity contribution in [3.8, 4) is 28.3 Å². The summed E-state index contributed by atoms with van der Waals surface area (Å²) in [7, 11) is 0. The van der Waals surface area contributed by atoms with Crippen LogP contribution in [-0.2, 0) is 11.2 Å². The molecule has 186 valence electrons. The molecule has 0 saturated carbocycles. The molecule has 0 spiro atoms. The molecule has 0 aliphatic rings. The van der Waals surface area contributed by atoms with Crippen molar-refractivity contribution < 1.29 is 23.2 Å². The van der Waals surface area contributed by atoms with Crippen molar-refractivity contribution in [2.75, 3.05) is 0 Å². The number of aryl methyl sites for hydroxylation is 1. The third-order valence-electron chi connectivity index (χ3n) is 6.00. The van der Waals surface area contributed by atoms with Crippen molar-refractivity contribution >= 4 is 16.9 Å². The van der Waals surface area contributed by atoms with E-state index in [-0.39, 0.29) is 17.8 Å². The summed E-state index contributed by atoms with van der Waals surface area (Å²) in [5.74, 6) is -0.757. The molecular formula is C28H21F2N3O4. The average molecular weight is 501 g/mol. The Balaban J connectivity index is 1.55. The van der Waals surface area contributed by atoms with Gasteiger partial charge in [0.1, 0.15) is 23.2 Å². The Kier molecular flexibility index (Phi) is 6.59. The van der Waals surface area contributed by atoms with Crippen LogP contribution < -0.4 is 5.56 Å². The number of hydrogen-bond donors (Lipinski definition) is 1. The third kappa shape index (κ3) is 5.16. The summed E-state index contributed by atoms with van der Waals surface area (Å²) < 4.78 is 33.6. The maximum absolute atomic E-state index is 13.5. The fourth-order valence-corrected chi connectivity index (χ4v) is 4.14. The minimum absolute atomic E-state index is 0.0149. The molecule has 0 atom stereocenters. The standard InChI is InChI=1S/C28H21F2N3O4/c29-19-8-5-17(6-9-19)25-16-23(32-37-25)18-7-14-22-24(15-18)31-26(3-1-2-4-27(34)35)33(28(22)36)21-12-10-20(30)11-13-21/h5-16H,1-4H2,(H,34,35). The van der Waals surface area contributed by atoms with Crippen LogP contribution in [-0.4, -0.2) is 25.8 Å². The van der Waals surface area contributed by atoms with Crippen molar-refractivity contribution in [3.63, 3.8) is 0 Å².